The Kier molecular flexibility index (Phi) is 3.33. The minimum atomic E-state index is -0.0794. The van der Waals surface area contributed by atoms with Crippen LogP contribution in [-0.2, 0) is 4.79 Å². The predicted molar refractivity (Wildman–Crippen MR) is 62.0 cm³/mol. The molecule has 80 valence electrons. The van der Waals surface area contributed by atoms with Crippen LogP contribution in [0.5, 0.6) is 0 Å². The zero-order valence-electron chi connectivity index (χ0n) is 8.19. The van der Waals surface area contributed by atoms with E-state index in [1.54, 1.807) is 6.20 Å². The van der Waals surface area contributed by atoms with Crippen LogP contribution in [0, 0.1) is 0 Å². The molecule has 1 unspecified atom stereocenters. The molecule has 2 heterocycles. The second-order valence-electron chi connectivity index (χ2n) is 3.48. The first-order chi connectivity index (χ1) is 7.29. The number of nitrogens with one attached hydrogen (secondary N) is 1. The van der Waals surface area contributed by atoms with E-state index in [4.69, 9.17) is 0 Å². The largest absolute Gasteiger partial charge is 0.353 e. The molecule has 0 saturated carbocycles. The SMILES string of the molecule is O=CC1CN(c2ccc(Br)cn2)CCN1. The molecule has 1 aliphatic heterocycles. The number of carbonyl (C=O) groups excluding carboxylic acids is 1. The van der Waals surface area contributed by atoms with Crippen LogP contribution in [0.4, 0.5) is 5.82 Å². The van der Waals surface area contributed by atoms with Crippen molar-refractivity contribution in [3.8, 4) is 0 Å². The lowest BCUT2D eigenvalue weighted by Gasteiger charge is -2.31. The Morgan fingerprint density at radius 3 is 3.13 bits per heavy atom. The summed E-state index contributed by atoms with van der Waals surface area (Å²) in [6, 6.07) is 3.83. The standard InChI is InChI=1S/C10H12BrN3O/c11-8-1-2-10(13-5-8)14-4-3-12-9(6-14)7-15/h1-2,5,7,9,12H,3-4,6H2. The molecule has 0 amide bonds. The van der Waals surface area contributed by atoms with Crippen molar-refractivity contribution in [3.05, 3.63) is 22.8 Å². The number of nitrogens with zero attached hydrogens (tertiary/aromatic N) is 2. The van der Waals surface area contributed by atoms with Gasteiger partial charge in [0.1, 0.15) is 12.1 Å². The van der Waals surface area contributed by atoms with Crippen LogP contribution in [0.15, 0.2) is 22.8 Å². The highest BCUT2D eigenvalue weighted by Crippen LogP contribution is 2.15. The zero-order chi connectivity index (χ0) is 10.7. The van der Waals surface area contributed by atoms with Crippen LogP contribution in [0.3, 0.4) is 0 Å². The first kappa shape index (κ1) is 10.6. The number of hydrogen-bond donors (Lipinski definition) is 1. The van der Waals surface area contributed by atoms with E-state index in [1.807, 2.05) is 12.1 Å². The second-order valence-corrected chi connectivity index (χ2v) is 4.39. The Morgan fingerprint density at radius 1 is 1.60 bits per heavy atom. The molecular formula is C10H12BrN3O. The topological polar surface area (TPSA) is 45.2 Å². The first-order valence-corrected chi connectivity index (χ1v) is 5.64. The van der Waals surface area contributed by atoms with Crippen LogP contribution in [0.2, 0.25) is 0 Å². The third kappa shape index (κ3) is 2.54. The lowest BCUT2D eigenvalue weighted by Crippen LogP contribution is -2.51. The molecule has 1 fully saturated rings. The molecule has 1 aliphatic rings. The Bertz CT molecular complexity index is 341. The molecular weight excluding hydrogens is 258 g/mol. The Labute approximate surface area is 96.8 Å². The molecule has 4 nitrogen and oxygen atoms in total. The van der Waals surface area contributed by atoms with Gasteiger partial charge in [0.15, 0.2) is 0 Å². The van der Waals surface area contributed by atoms with Crippen LogP contribution >= 0.6 is 15.9 Å². The molecule has 1 aromatic rings. The number of aromatic nitrogens is 1. The van der Waals surface area contributed by atoms with Gasteiger partial charge in [-0.1, -0.05) is 0 Å². The molecule has 0 aromatic carbocycles. The highest BCUT2D eigenvalue weighted by Gasteiger charge is 2.19. The molecule has 1 aromatic heterocycles. The molecule has 2 rings (SSSR count). The number of rotatable bonds is 2. The highest BCUT2D eigenvalue weighted by atomic mass is 79.9. The summed E-state index contributed by atoms with van der Waals surface area (Å²) in [5.41, 5.74) is 0. The number of hydrogen-bond acceptors (Lipinski definition) is 4. The first-order valence-electron chi connectivity index (χ1n) is 4.85. The minimum Gasteiger partial charge on any atom is -0.353 e. The van der Waals surface area contributed by atoms with Crippen molar-refractivity contribution in [2.24, 2.45) is 0 Å². The van der Waals surface area contributed by atoms with Crippen LogP contribution < -0.4 is 10.2 Å². The van der Waals surface area contributed by atoms with Crippen molar-refractivity contribution in [1.82, 2.24) is 10.3 Å². The van der Waals surface area contributed by atoms with E-state index in [0.29, 0.717) is 6.54 Å². The summed E-state index contributed by atoms with van der Waals surface area (Å²) in [6.45, 7) is 2.40. The smallest absolute Gasteiger partial charge is 0.138 e. The van der Waals surface area contributed by atoms with E-state index in [9.17, 15) is 4.79 Å². The van der Waals surface area contributed by atoms with E-state index in [1.165, 1.54) is 0 Å². The van der Waals surface area contributed by atoms with Gasteiger partial charge in [0, 0.05) is 30.3 Å². The van der Waals surface area contributed by atoms with Gasteiger partial charge in [0.2, 0.25) is 0 Å². The molecule has 1 atom stereocenters. The van der Waals surface area contributed by atoms with Crippen LogP contribution in [0.1, 0.15) is 0 Å². The summed E-state index contributed by atoms with van der Waals surface area (Å²) in [5.74, 6) is 0.923. The number of anilines is 1. The van der Waals surface area contributed by atoms with Crippen LogP contribution in [0.25, 0.3) is 0 Å². The van der Waals surface area contributed by atoms with Crippen molar-refractivity contribution >= 4 is 28.0 Å². The summed E-state index contributed by atoms with van der Waals surface area (Å²) >= 11 is 3.35. The fourth-order valence-electron chi connectivity index (χ4n) is 1.63. The maximum Gasteiger partial charge on any atom is 0.138 e. The van der Waals surface area contributed by atoms with Gasteiger partial charge in [-0.15, -0.1) is 0 Å². The summed E-state index contributed by atoms with van der Waals surface area (Å²) in [7, 11) is 0. The number of carbonyl (C=O) groups is 1. The van der Waals surface area contributed by atoms with Gasteiger partial charge in [-0.05, 0) is 28.1 Å². The predicted octanol–water partition coefficient (Wildman–Crippen LogP) is 0.821. The molecule has 5 heteroatoms. The van der Waals surface area contributed by atoms with Gasteiger partial charge in [0.05, 0.1) is 6.04 Å². The van der Waals surface area contributed by atoms with Gasteiger partial charge in [-0.2, -0.15) is 0 Å². The Balaban J connectivity index is 2.09. The third-order valence-electron chi connectivity index (χ3n) is 2.41. The van der Waals surface area contributed by atoms with E-state index in [2.05, 4.69) is 31.1 Å². The lowest BCUT2D eigenvalue weighted by atomic mass is 10.2. The molecule has 0 bridgehead atoms. The van der Waals surface area contributed by atoms with E-state index in [0.717, 1.165) is 29.7 Å². The normalized spacial score (nSPS) is 21.4. The maximum absolute atomic E-state index is 10.7. The van der Waals surface area contributed by atoms with Gasteiger partial charge >= 0.3 is 0 Å². The van der Waals surface area contributed by atoms with E-state index < -0.39 is 0 Å². The Morgan fingerprint density at radius 2 is 2.47 bits per heavy atom. The number of halogens is 1. The second kappa shape index (κ2) is 4.72. The minimum absolute atomic E-state index is 0.0794. The lowest BCUT2D eigenvalue weighted by molar-refractivity contribution is -0.109. The van der Waals surface area contributed by atoms with Crippen molar-refractivity contribution in [3.63, 3.8) is 0 Å². The maximum atomic E-state index is 10.7. The molecule has 1 N–H and O–H groups in total. The average molecular weight is 270 g/mol. The van der Waals surface area contributed by atoms with Crippen molar-refractivity contribution in [2.45, 2.75) is 6.04 Å². The average Bonchev–Trinajstić information content (AvgIpc) is 2.30. The fraction of sp³-hybridized carbons (Fsp3) is 0.400. The van der Waals surface area contributed by atoms with Gasteiger partial charge in [0.25, 0.3) is 0 Å². The van der Waals surface area contributed by atoms with E-state index >= 15 is 0 Å². The molecule has 0 radical (unpaired) electrons. The monoisotopic (exact) mass is 269 g/mol. The van der Waals surface area contributed by atoms with Gasteiger partial charge in [-0.3, -0.25) is 0 Å². The van der Waals surface area contributed by atoms with Crippen LogP contribution in [-0.4, -0.2) is 36.9 Å². The number of piperazine rings is 1. The van der Waals surface area contributed by atoms with Crippen molar-refractivity contribution < 1.29 is 4.79 Å². The summed E-state index contributed by atoms with van der Waals surface area (Å²) in [6.07, 6.45) is 2.72. The molecule has 1 saturated heterocycles. The zero-order valence-corrected chi connectivity index (χ0v) is 9.77. The van der Waals surface area contributed by atoms with Crippen molar-refractivity contribution in [2.75, 3.05) is 24.5 Å². The molecule has 15 heavy (non-hydrogen) atoms. The Hall–Kier alpha value is -0.940. The highest BCUT2D eigenvalue weighted by molar-refractivity contribution is 9.10. The molecule has 0 spiro atoms. The number of aldehydes is 1. The molecule has 0 aliphatic carbocycles. The fourth-order valence-corrected chi connectivity index (χ4v) is 1.87. The summed E-state index contributed by atoms with van der Waals surface area (Å²) < 4.78 is 0.966. The summed E-state index contributed by atoms with van der Waals surface area (Å²) in [4.78, 5) is 17.1. The van der Waals surface area contributed by atoms with Gasteiger partial charge < -0.3 is 15.0 Å². The van der Waals surface area contributed by atoms with Crippen molar-refractivity contribution in [1.29, 1.82) is 0 Å². The number of pyridine rings is 1. The van der Waals surface area contributed by atoms with E-state index in [-0.39, 0.29) is 6.04 Å². The van der Waals surface area contributed by atoms with Gasteiger partial charge in [-0.25, -0.2) is 4.98 Å². The third-order valence-corrected chi connectivity index (χ3v) is 2.87. The quantitative estimate of drug-likeness (QED) is 0.808. The summed E-state index contributed by atoms with van der Waals surface area (Å²) in [5, 5.41) is 3.13.